The zero-order valence-corrected chi connectivity index (χ0v) is 15.6. The number of hydrogen-bond acceptors (Lipinski definition) is 4. The molecule has 6 nitrogen and oxygen atoms in total. The fourth-order valence-electron chi connectivity index (χ4n) is 3.00. The molecular formula is C18H27ClN2O4. The van der Waals surface area contributed by atoms with Crippen molar-refractivity contribution in [3.05, 3.63) is 35.9 Å². The molecule has 1 aliphatic rings. The summed E-state index contributed by atoms with van der Waals surface area (Å²) in [6.07, 6.45) is 1.72. The molecule has 25 heavy (non-hydrogen) atoms. The summed E-state index contributed by atoms with van der Waals surface area (Å²) >= 11 is 0. The van der Waals surface area contributed by atoms with Gasteiger partial charge in [-0.1, -0.05) is 30.3 Å². The van der Waals surface area contributed by atoms with E-state index in [-0.39, 0.29) is 30.3 Å². The molecule has 1 aromatic rings. The zero-order valence-electron chi connectivity index (χ0n) is 14.7. The number of benzene rings is 1. The van der Waals surface area contributed by atoms with Gasteiger partial charge in [-0.3, -0.25) is 14.5 Å². The Balaban J connectivity index is 0.00000312. The van der Waals surface area contributed by atoms with Gasteiger partial charge in [0.15, 0.2) is 0 Å². The maximum Gasteiger partial charge on any atom is 0.320 e. The van der Waals surface area contributed by atoms with Crippen LogP contribution in [-0.2, 0) is 19.7 Å². The average Bonchev–Trinajstić information content (AvgIpc) is 2.60. The van der Waals surface area contributed by atoms with Crippen LogP contribution in [0.1, 0.15) is 25.3 Å². The fraction of sp³-hybridized carbons (Fsp3) is 0.556. The van der Waals surface area contributed by atoms with Crippen molar-refractivity contribution in [1.82, 2.24) is 10.2 Å². The minimum absolute atomic E-state index is 0. The second-order valence-electron chi connectivity index (χ2n) is 6.46. The largest absolute Gasteiger partial charge is 0.480 e. The van der Waals surface area contributed by atoms with Crippen LogP contribution in [-0.4, -0.2) is 61.3 Å². The maximum absolute atomic E-state index is 12.2. The summed E-state index contributed by atoms with van der Waals surface area (Å²) in [7, 11) is 1.64. The highest BCUT2D eigenvalue weighted by Crippen LogP contribution is 2.34. The Morgan fingerprint density at radius 1 is 1.28 bits per heavy atom. The van der Waals surface area contributed by atoms with Crippen LogP contribution in [0.5, 0.6) is 0 Å². The van der Waals surface area contributed by atoms with Crippen LogP contribution in [0.15, 0.2) is 30.3 Å². The fourth-order valence-corrected chi connectivity index (χ4v) is 3.00. The van der Waals surface area contributed by atoms with Crippen molar-refractivity contribution < 1.29 is 19.4 Å². The summed E-state index contributed by atoms with van der Waals surface area (Å²) in [6, 6.07) is 9.50. The number of nitrogens with one attached hydrogen (secondary N) is 1. The standard InChI is InChI=1S/C18H26N2O4.ClH/c1-14(17(22)23)20(2)12-16(21)19-13-18(8-10-24-11-9-18)15-6-4-3-5-7-15;/h3-7,14H,8-13H2,1-2H3,(H,19,21)(H,22,23);1H. The third kappa shape index (κ3) is 5.70. The van der Waals surface area contributed by atoms with Gasteiger partial charge in [-0.15, -0.1) is 12.4 Å². The van der Waals surface area contributed by atoms with Crippen LogP contribution >= 0.6 is 12.4 Å². The van der Waals surface area contributed by atoms with Crippen LogP contribution in [0.2, 0.25) is 0 Å². The summed E-state index contributed by atoms with van der Waals surface area (Å²) in [4.78, 5) is 24.7. The SMILES string of the molecule is CC(C(=O)O)N(C)CC(=O)NCC1(c2ccccc2)CCOCC1.Cl. The van der Waals surface area contributed by atoms with E-state index in [2.05, 4.69) is 17.4 Å². The van der Waals surface area contributed by atoms with Crippen molar-refractivity contribution in [3.63, 3.8) is 0 Å². The van der Waals surface area contributed by atoms with Crippen molar-refractivity contribution in [2.75, 3.05) is 33.4 Å². The first-order chi connectivity index (χ1) is 11.4. The topological polar surface area (TPSA) is 78.9 Å². The van der Waals surface area contributed by atoms with E-state index in [1.807, 2.05) is 18.2 Å². The van der Waals surface area contributed by atoms with Gasteiger partial charge in [-0.05, 0) is 32.4 Å². The Morgan fingerprint density at radius 3 is 2.44 bits per heavy atom. The van der Waals surface area contributed by atoms with E-state index in [4.69, 9.17) is 9.84 Å². The number of ether oxygens (including phenoxy) is 1. The number of carbonyl (C=O) groups is 2. The normalized spacial score (nSPS) is 17.4. The number of carbonyl (C=O) groups excluding carboxylic acids is 1. The van der Waals surface area contributed by atoms with Gasteiger partial charge in [0.05, 0.1) is 6.54 Å². The van der Waals surface area contributed by atoms with E-state index >= 15 is 0 Å². The first-order valence-electron chi connectivity index (χ1n) is 8.28. The highest BCUT2D eigenvalue weighted by Gasteiger charge is 2.34. The second-order valence-corrected chi connectivity index (χ2v) is 6.46. The van der Waals surface area contributed by atoms with Gasteiger partial charge in [0.1, 0.15) is 6.04 Å². The van der Waals surface area contributed by atoms with E-state index in [1.165, 1.54) is 10.5 Å². The number of rotatable bonds is 7. The molecule has 1 atom stereocenters. The van der Waals surface area contributed by atoms with Crippen molar-refractivity contribution in [3.8, 4) is 0 Å². The van der Waals surface area contributed by atoms with E-state index < -0.39 is 12.0 Å². The molecule has 7 heteroatoms. The van der Waals surface area contributed by atoms with E-state index in [0.29, 0.717) is 19.8 Å². The second kappa shape index (κ2) is 9.75. The highest BCUT2D eigenvalue weighted by atomic mass is 35.5. The highest BCUT2D eigenvalue weighted by molar-refractivity contribution is 5.85. The predicted octanol–water partition coefficient (Wildman–Crippen LogP) is 1.68. The Morgan fingerprint density at radius 2 is 1.88 bits per heavy atom. The molecule has 1 fully saturated rings. The van der Waals surface area contributed by atoms with Crippen molar-refractivity contribution in [2.45, 2.75) is 31.2 Å². The van der Waals surface area contributed by atoms with Gasteiger partial charge in [0.25, 0.3) is 0 Å². The lowest BCUT2D eigenvalue weighted by molar-refractivity contribution is -0.142. The number of likely N-dealkylation sites (N-methyl/N-ethyl adjacent to an activating group) is 1. The Bertz CT molecular complexity index is 561. The summed E-state index contributed by atoms with van der Waals surface area (Å²) in [5.74, 6) is -1.09. The first-order valence-corrected chi connectivity index (χ1v) is 8.28. The number of amides is 1. The van der Waals surface area contributed by atoms with Crippen LogP contribution in [0, 0.1) is 0 Å². The molecule has 2 rings (SSSR count). The van der Waals surface area contributed by atoms with Gasteiger partial charge >= 0.3 is 5.97 Å². The smallest absolute Gasteiger partial charge is 0.320 e. The number of nitrogens with zero attached hydrogens (tertiary/aromatic N) is 1. The van der Waals surface area contributed by atoms with Gasteiger partial charge in [-0.25, -0.2) is 0 Å². The Hall–Kier alpha value is -1.63. The molecule has 0 radical (unpaired) electrons. The van der Waals surface area contributed by atoms with Gasteiger partial charge in [0, 0.05) is 25.2 Å². The quantitative estimate of drug-likeness (QED) is 0.763. The Kier molecular flexibility index (Phi) is 8.35. The lowest BCUT2D eigenvalue weighted by Crippen LogP contribution is -2.48. The van der Waals surface area contributed by atoms with Gasteiger partial charge in [-0.2, -0.15) is 0 Å². The molecule has 0 aliphatic carbocycles. The van der Waals surface area contributed by atoms with Crippen LogP contribution in [0.3, 0.4) is 0 Å². The third-order valence-corrected chi connectivity index (χ3v) is 4.87. The molecule has 1 aromatic carbocycles. The predicted molar refractivity (Wildman–Crippen MR) is 98.2 cm³/mol. The molecule has 0 spiro atoms. The summed E-state index contributed by atoms with van der Waals surface area (Å²) in [5.41, 5.74) is 1.09. The average molecular weight is 371 g/mol. The van der Waals surface area contributed by atoms with E-state index in [9.17, 15) is 9.59 Å². The van der Waals surface area contributed by atoms with E-state index in [1.54, 1.807) is 14.0 Å². The van der Waals surface area contributed by atoms with Gasteiger partial charge < -0.3 is 15.2 Å². The first kappa shape index (κ1) is 21.4. The molecule has 140 valence electrons. The molecule has 1 unspecified atom stereocenters. The molecule has 0 aromatic heterocycles. The summed E-state index contributed by atoms with van der Waals surface area (Å²) < 4.78 is 5.49. The van der Waals surface area contributed by atoms with E-state index in [0.717, 1.165) is 12.8 Å². The minimum atomic E-state index is -0.935. The molecule has 1 aliphatic heterocycles. The number of halogens is 1. The zero-order chi connectivity index (χ0) is 17.6. The minimum Gasteiger partial charge on any atom is -0.480 e. The molecule has 2 N–H and O–H groups in total. The van der Waals surface area contributed by atoms with Gasteiger partial charge in [0.2, 0.25) is 5.91 Å². The third-order valence-electron chi connectivity index (χ3n) is 4.87. The molecule has 0 saturated carbocycles. The molecular weight excluding hydrogens is 344 g/mol. The molecule has 1 saturated heterocycles. The number of carboxylic acids is 1. The van der Waals surface area contributed by atoms with Crippen LogP contribution < -0.4 is 5.32 Å². The molecule has 1 heterocycles. The lowest BCUT2D eigenvalue weighted by Gasteiger charge is -2.38. The molecule has 1 amide bonds. The van der Waals surface area contributed by atoms with Crippen molar-refractivity contribution in [2.24, 2.45) is 0 Å². The monoisotopic (exact) mass is 370 g/mol. The summed E-state index contributed by atoms with van der Waals surface area (Å²) in [6.45, 7) is 3.53. The number of hydrogen-bond donors (Lipinski definition) is 2. The lowest BCUT2D eigenvalue weighted by atomic mass is 9.74. The van der Waals surface area contributed by atoms with Crippen LogP contribution in [0.25, 0.3) is 0 Å². The number of carboxylic acid groups (broad SMARTS) is 1. The molecule has 0 bridgehead atoms. The Labute approximate surface area is 154 Å². The van der Waals surface area contributed by atoms with Crippen molar-refractivity contribution in [1.29, 1.82) is 0 Å². The van der Waals surface area contributed by atoms with Crippen LogP contribution in [0.4, 0.5) is 0 Å². The summed E-state index contributed by atoms with van der Waals surface area (Å²) in [5, 5.41) is 12.0. The number of aliphatic carboxylic acids is 1. The maximum atomic E-state index is 12.2. The van der Waals surface area contributed by atoms with Crippen molar-refractivity contribution >= 4 is 24.3 Å².